The number of rotatable bonds is 2. The van der Waals surface area contributed by atoms with Crippen LogP contribution in [0.2, 0.25) is 0 Å². The lowest BCUT2D eigenvalue weighted by Crippen LogP contribution is -2.61. The summed E-state index contributed by atoms with van der Waals surface area (Å²) in [6, 6.07) is 0. The minimum atomic E-state index is -1.26. The third-order valence-electron chi connectivity index (χ3n) is 5.60. The highest BCUT2D eigenvalue weighted by Crippen LogP contribution is 2.62. The predicted octanol–water partition coefficient (Wildman–Crippen LogP) is 2.62. The minimum Gasteiger partial charge on any atom is -0.481 e. The zero-order valence-electron chi connectivity index (χ0n) is 11.2. The van der Waals surface area contributed by atoms with Gasteiger partial charge in [-0.1, -0.05) is 20.8 Å². The Morgan fingerprint density at radius 2 is 1.53 bits per heavy atom. The molecule has 0 spiro atoms. The molecule has 0 amide bonds. The fourth-order valence-electron chi connectivity index (χ4n) is 3.15. The molecule has 1 fully saturated rings. The first-order valence-corrected chi connectivity index (χ1v) is 5.98. The van der Waals surface area contributed by atoms with Gasteiger partial charge in [0.2, 0.25) is 0 Å². The third kappa shape index (κ3) is 1.49. The largest absolute Gasteiger partial charge is 0.481 e. The van der Waals surface area contributed by atoms with E-state index in [0.717, 1.165) is 6.42 Å². The third-order valence-corrected chi connectivity index (χ3v) is 5.60. The second kappa shape index (κ2) is 3.72. The standard InChI is InChI=1S/C13H22O4/c1-8-6-7-12(4,9(14)15)13(5,10(16)17)11(8,2)3/h8H,6-7H2,1-5H3,(H,14,15)(H,16,17). The second-order valence-corrected chi connectivity index (χ2v) is 6.23. The smallest absolute Gasteiger partial charge is 0.311 e. The van der Waals surface area contributed by atoms with Crippen LogP contribution in [0.25, 0.3) is 0 Å². The molecule has 1 aliphatic rings. The average molecular weight is 242 g/mol. The summed E-state index contributed by atoms with van der Waals surface area (Å²) in [6.45, 7) is 8.89. The van der Waals surface area contributed by atoms with Gasteiger partial charge in [0.1, 0.15) is 0 Å². The van der Waals surface area contributed by atoms with Crippen LogP contribution in [-0.2, 0) is 9.59 Å². The van der Waals surface area contributed by atoms with Gasteiger partial charge in [0.25, 0.3) is 0 Å². The van der Waals surface area contributed by atoms with Crippen LogP contribution in [-0.4, -0.2) is 22.2 Å². The lowest BCUT2D eigenvalue weighted by Gasteiger charge is -2.57. The van der Waals surface area contributed by atoms with Gasteiger partial charge < -0.3 is 10.2 Å². The van der Waals surface area contributed by atoms with E-state index in [0.29, 0.717) is 6.42 Å². The van der Waals surface area contributed by atoms with Crippen LogP contribution < -0.4 is 0 Å². The molecule has 0 aromatic heterocycles. The summed E-state index contributed by atoms with van der Waals surface area (Å²) < 4.78 is 0. The maximum Gasteiger partial charge on any atom is 0.311 e. The fraction of sp³-hybridized carbons (Fsp3) is 0.846. The van der Waals surface area contributed by atoms with Crippen LogP contribution in [0.5, 0.6) is 0 Å². The highest BCUT2D eigenvalue weighted by Gasteiger charge is 2.66. The van der Waals surface area contributed by atoms with E-state index in [4.69, 9.17) is 0 Å². The van der Waals surface area contributed by atoms with Gasteiger partial charge in [-0.3, -0.25) is 9.59 Å². The molecule has 17 heavy (non-hydrogen) atoms. The molecule has 0 saturated heterocycles. The monoisotopic (exact) mass is 242 g/mol. The number of carbonyl (C=O) groups is 2. The summed E-state index contributed by atoms with van der Waals surface area (Å²) in [7, 11) is 0. The number of hydrogen-bond acceptors (Lipinski definition) is 2. The van der Waals surface area contributed by atoms with Crippen LogP contribution in [0.3, 0.4) is 0 Å². The molecule has 98 valence electrons. The van der Waals surface area contributed by atoms with Crippen molar-refractivity contribution in [3.63, 3.8) is 0 Å². The average Bonchev–Trinajstić information content (AvgIpc) is 2.21. The van der Waals surface area contributed by atoms with Gasteiger partial charge in [-0.05, 0) is 38.0 Å². The Morgan fingerprint density at radius 1 is 1.06 bits per heavy atom. The summed E-state index contributed by atoms with van der Waals surface area (Å²) >= 11 is 0. The van der Waals surface area contributed by atoms with Gasteiger partial charge in [0.15, 0.2) is 0 Å². The van der Waals surface area contributed by atoms with E-state index in [2.05, 4.69) is 0 Å². The molecule has 4 heteroatoms. The van der Waals surface area contributed by atoms with E-state index in [1.54, 1.807) is 13.8 Å². The molecule has 0 aromatic rings. The van der Waals surface area contributed by atoms with Crippen molar-refractivity contribution >= 4 is 11.9 Å². The normalized spacial score (nSPS) is 40.9. The summed E-state index contributed by atoms with van der Waals surface area (Å²) in [5, 5.41) is 19.0. The van der Waals surface area contributed by atoms with E-state index in [-0.39, 0.29) is 5.92 Å². The zero-order valence-corrected chi connectivity index (χ0v) is 11.2. The summed E-state index contributed by atoms with van der Waals surface area (Å²) in [5.74, 6) is -1.84. The first kappa shape index (κ1) is 14.0. The van der Waals surface area contributed by atoms with Crippen molar-refractivity contribution in [3.8, 4) is 0 Å². The molecule has 0 aliphatic heterocycles. The van der Waals surface area contributed by atoms with Crippen LogP contribution in [0.1, 0.15) is 47.5 Å². The molecule has 1 aliphatic carbocycles. The molecule has 1 rings (SSSR count). The Labute approximate surface area is 102 Å². The fourth-order valence-corrected chi connectivity index (χ4v) is 3.15. The van der Waals surface area contributed by atoms with Gasteiger partial charge in [-0.15, -0.1) is 0 Å². The number of hydrogen-bond donors (Lipinski definition) is 2. The first-order valence-electron chi connectivity index (χ1n) is 5.98. The molecular weight excluding hydrogens is 220 g/mol. The van der Waals surface area contributed by atoms with Crippen LogP contribution in [0.4, 0.5) is 0 Å². The highest BCUT2D eigenvalue weighted by molar-refractivity contribution is 5.87. The molecule has 3 unspecified atom stereocenters. The Balaban J connectivity index is 3.46. The molecule has 0 radical (unpaired) electrons. The zero-order chi connectivity index (χ0) is 13.6. The number of aliphatic carboxylic acids is 2. The number of carboxylic acids is 2. The SMILES string of the molecule is CC1CCC(C)(C(=O)O)C(C)(C(=O)O)C1(C)C. The van der Waals surface area contributed by atoms with Crippen LogP contribution >= 0.6 is 0 Å². The Hall–Kier alpha value is -1.06. The Kier molecular flexibility index (Phi) is 3.06. The van der Waals surface area contributed by atoms with Gasteiger partial charge >= 0.3 is 11.9 Å². The van der Waals surface area contributed by atoms with E-state index in [9.17, 15) is 19.8 Å². The van der Waals surface area contributed by atoms with Gasteiger partial charge in [0, 0.05) is 0 Å². The lowest BCUT2D eigenvalue weighted by atomic mass is 9.44. The van der Waals surface area contributed by atoms with Crippen LogP contribution in [0.15, 0.2) is 0 Å². The van der Waals surface area contributed by atoms with Crippen molar-refractivity contribution < 1.29 is 19.8 Å². The predicted molar refractivity (Wildman–Crippen MR) is 63.7 cm³/mol. The molecule has 0 aromatic carbocycles. The minimum absolute atomic E-state index is 0.191. The molecule has 0 bridgehead atoms. The van der Waals surface area contributed by atoms with Crippen LogP contribution in [0, 0.1) is 22.2 Å². The maximum atomic E-state index is 11.7. The van der Waals surface area contributed by atoms with E-state index < -0.39 is 28.2 Å². The van der Waals surface area contributed by atoms with Crippen molar-refractivity contribution in [2.75, 3.05) is 0 Å². The van der Waals surface area contributed by atoms with E-state index in [1.165, 1.54) is 0 Å². The quantitative estimate of drug-likeness (QED) is 0.780. The van der Waals surface area contributed by atoms with Crippen molar-refractivity contribution in [2.24, 2.45) is 22.2 Å². The van der Waals surface area contributed by atoms with Crippen molar-refractivity contribution in [2.45, 2.75) is 47.5 Å². The van der Waals surface area contributed by atoms with E-state index >= 15 is 0 Å². The first-order chi connectivity index (χ1) is 7.51. The second-order valence-electron chi connectivity index (χ2n) is 6.23. The van der Waals surface area contributed by atoms with Gasteiger partial charge in [0.05, 0.1) is 10.8 Å². The topological polar surface area (TPSA) is 74.6 Å². The van der Waals surface area contributed by atoms with Gasteiger partial charge in [-0.25, -0.2) is 0 Å². The molecule has 4 nitrogen and oxygen atoms in total. The lowest BCUT2D eigenvalue weighted by molar-refractivity contribution is -0.197. The Morgan fingerprint density at radius 3 is 1.88 bits per heavy atom. The van der Waals surface area contributed by atoms with Gasteiger partial charge in [-0.2, -0.15) is 0 Å². The number of carboxylic acid groups (broad SMARTS) is 2. The highest BCUT2D eigenvalue weighted by atomic mass is 16.4. The van der Waals surface area contributed by atoms with Crippen molar-refractivity contribution in [3.05, 3.63) is 0 Å². The summed E-state index contributed by atoms with van der Waals surface area (Å²) in [4.78, 5) is 23.2. The summed E-state index contributed by atoms with van der Waals surface area (Å²) in [6.07, 6.45) is 1.16. The Bertz CT molecular complexity index is 360. The van der Waals surface area contributed by atoms with Crippen molar-refractivity contribution in [1.82, 2.24) is 0 Å². The molecule has 3 atom stereocenters. The van der Waals surface area contributed by atoms with Crippen molar-refractivity contribution in [1.29, 1.82) is 0 Å². The molecular formula is C13H22O4. The van der Waals surface area contributed by atoms with E-state index in [1.807, 2.05) is 20.8 Å². The molecule has 2 N–H and O–H groups in total. The maximum absolute atomic E-state index is 11.7. The molecule has 1 saturated carbocycles. The summed E-state index contributed by atoms with van der Waals surface area (Å²) in [5.41, 5.74) is -3.03. The molecule has 0 heterocycles.